The predicted molar refractivity (Wildman–Crippen MR) is 127 cm³/mol. The minimum absolute atomic E-state index is 0.00516. The number of hydrogen-bond acceptors (Lipinski definition) is 3. The first-order chi connectivity index (χ1) is 15.0. The molecule has 1 aliphatic rings. The van der Waals surface area contributed by atoms with Crippen molar-refractivity contribution in [3.05, 3.63) is 87.8 Å². The Morgan fingerprint density at radius 2 is 1.84 bits per heavy atom. The van der Waals surface area contributed by atoms with Gasteiger partial charge < -0.3 is 10.2 Å². The summed E-state index contributed by atoms with van der Waals surface area (Å²) in [5, 5.41) is 3.34. The van der Waals surface area contributed by atoms with Crippen LogP contribution in [-0.2, 0) is 11.3 Å². The number of rotatable bonds is 7. The van der Waals surface area contributed by atoms with Gasteiger partial charge in [0, 0.05) is 51.6 Å². The van der Waals surface area contributed by atoms with Crippen molar-refractivity contribution in [2.75, 3.05) is 7.05 Å². The topological polar surface area (TPSA) is 49.4 Å². The molecule has 0 aliphatic heterocycles. The molecule has 0 saturated heterocycles. The van der Waals surface area contributed by atoms with Crippen LogP contribution in [0.3, 0.4) is 0 Å². The first-order valence-corrected chi connectivity index (χ1v) is 11.4. The molecule has 158 valence electrons. The van der Waals surface area contributed by atoms with Crippen LogP contribution in [0.15, 0.2) is 66.7 Å². The van der Waals surface area contributed by atoms with E-state index in [1.807, 2.05) is 59.5 Å². The van der Waals surface area contributed by atoms with Gasteiger partial charge in [-0.2, -0.15) is 0 Å². The number of carbonyl (C=O) groups excluding carboxylic acids is 2. The Kier molecular flexibility index (Phi) is 6.54. The first-order valence-electron chi connectivity index (χ1n) is 10.2. The maximum atomic E-state index is 12.9. The van der Waals surface area contributed by atoms with Gasteiger partial charge in [0.05, 0.1) is 0 Å². The third kappa shape index (κ3) is 5.24. The SMILES string of the molecule is CNC(=O)c1ccc(CN(C(=O)C=Cc2ccc(-c3ccccc3Cl)s2)C2CC2)cc1. The van der Waals surface area contributed by atoms with Crippen molar-refractivity contribution in [3.63, 3.8) is 0 Å². The molecule has 2 amide bonds. The Morgan fingerprint density at radius 1 is 1.10 bits per heavy atom. The maximum Gasteiger partial charge on any atom is 0.251 e. The predicted octanol–water partition coefficient (Wildman–Crippen LogP) is 5.63. The second kappa shape index (κ2) is 9.50. The molecule has 1 heterocycles. The van der Waals surface area contributed by atoms with Crippen LogP contribution >= 0.6 is 22.9 Å². The van der Waals surface area contributed by atoms with Crippen molar-refractivity contribution in [2.24, 2.45) is 0 Å². The Labute approximate surface area is 191 Å². The fourth-order valence-corrected chi connectivity index (χ4v) is 4.62. The number of hydrogen-bond donors (Lipinski definition) is 1. The van der Waals surface area contributed by atoms with E-state index in [1.165, 1.54) is 0 Å². The summed E-state index contributed by atoms with van der Waals surface area (Å²) in [5.41, 5.74) is 2.63. The average molecular weight is 451 g/mol. The molecule has 4 rings (SSSR count). The van der Waals surface area contributed by atoms with Gasteiger partial charge in [0.15, 0.2) is 0 Å². The van der Waals surface area contributed by atoms with E-state index in [0.29, 0.717) is 12.1 Å². The van der Waals surface area contributed by atoms with Crippen LogP contribution in [0, 0.1) is 0 Å². The molecule has 0 radical (unpaired) electrons. The van der Waals surface area contributed by atoms with Crippen LogP contribution in [0.25, 0.3) is 16.5 Å². The molecule has 1 saturated carbocycles. The Bertz CT molecular complexity index is 1120. The van der Waals surface area contributed by atoms with Crippen LogP contribution in [0.1, 0.15) is 33.6 Å². The minimum Gasteiger partial charge on any atom is -0.355 e. The normalized spacial score (nSPS) is 13.4. The Balaban J connectivity index is 1.44. The van der Waals surface area contributed by atoms with Gasteiger partial charge in [-0.05, 0) is 54.8 Å². The molecule has 0 spiro atoms. The van der Waals surface area contributed by atoms with Crippen molar-refractivity contribution in [1.82, 2.24) is 10.2 Å². The van der Waals surface area contributed by atoms with Gasteiger partial charge in [0.2, 0.25) is 5.91 Å². The third-order valence-corrected chi connectivity index (χ3v) is 6.64. The number of nitrogens with one attached hydrogen (secondary N) is 1. The lowest BCUT2D eigenvalue weighted by Gasteiger charge is -2.21. The summed E-state index contributed by atoms with van der Waals surface area (Å²) < 4.78 is 0. The van der Waals surface area contributed by atoms with Gasteiger partial charge in [-0.1, -0.05) is 41.9 Å². The molecule has 0 unspecified atom stereocenters. The summed E-state index contributed by atoms with van der Waals surface area (Å²) >= 11 is 7.91. The lowest BCUT2D eigenvalue weighted by Crippen LogP contribution is -2.31. The number of carbonyl (C=O) groups is 2. The number of halogens is 1. The zero-order valence-electron chi connectivity index (χ0n) is 17.2. The zero-order chi connectivity index (χ0) is 21.8. The van der Waals surface area contributed by atoms with E-state index in [9.17, 15) is 9.59 Å². The van der Waals surface area contributed by atoms with Crippen LogP contribution in [0.5, 0.6) is 0 Å². The second-order valence-corrected chi connectivity index (χ2v) is 9.01. The highest BCUT2D eigenvalue weighted by molar-refractivity contribution is 7.16. The lowest BCUT2D eigenvalue weighted by molar-refractivity contribution is -0.127. The molecule has 4 nitrogen and oxygen atoms in total. The molecule has 1 aromatic heterocycles. The summed E-state index contributed by atoms with van der Waals surface area (Å²) in [7, 11) is 1.61. The molecule has 0 bridgehead atoms. The zero-order valence-corrected chi connectivity index (χ0v) is 18.7. The summed E-state index contributed by atoms with van der Waals surface area (Å²) in [4.78, 5) is 28.6. The maximum absolute atomic E-state index is 12.9. The molecule has 1 N–H and O–H groups in total. The highest BCUT2D eigenvalue weighted by Crippen LogP contribution is 2.34. The summed E-state index contributed by atoms with van der Waals surface area (Å²) in [5.74, 6) is -0.109. The van der Waals surface area contributed by atoms with Crippen LogP contribution in [0.4, 0.5) is 0 Å². The van der Waals surface area contributed by atoms with Gasteiger partial charge in [0.25, 0.3) is 5.91 Å². The first kappa shape index (κ1) is 21.3. The fraction of sp³-hybridized carbons (Fsp3) is 0.200. The van der Waals surface area contributed by atoms with E-state index in [1.54, 1.807) is 36.6 Å². The van der Waals surface area contributed by atoms with E-state index < -0.39 is 0 Å². The summed E-state index contributed by atoms with van der Waals surface area (Å²) in [6, 6.07) is 19.5. The average Bonchev–Trinajstić information content (AvgIpc) is 3.53. The lowest BCUT2D eigenvalue weighted by atomic mass is 10.1. The van der Waals surface area contributed by atoms with Crippen molar-refractivity contribution in [1.29, 1.82) is 0 Å². The van der Waals surface area contributed by atoms with Crippen LogP contribution in [0.2, 0.25) is 5.02 Å². The van der Waals surface area contributed by atoms with Gasteiger partial charge in [-0.25, -0.2) is 0 Å². The second-order valence-electron chi connectivity index (χ2n) is 7.49. The number of amides is 2. The number of benzene rings is 2. The van der Waals surface area contributed by atoms with Crippen molar-refractivity contribution in [3.8, 4) is 10.4 Å². The quantitative estimate of drug-likeness (QED) is 0.474. The standard InChI is InChI=1S/C25H23ClN2O2S/c1-27-25(30)18-8-6-17(7-9-18)16-28(19-10-11-19)24(29)15-13-20-12-14-23(31-20)21-4-2-3-5-22(21)26/h2-9,12-15,19H,10-11,16H2,1H3,(H,27,30). The van der Waals surface area contributed by atoms with Crippen molar-refractivity contribution < 1.29 is 9.59 Å². The van der Waals surface area contributed by atoms with Crippen molar-refractivity contribution in [2.45, 2.75) is 25.4 Å². The largest absolute Gasteiger partial charge is 0.355 e. The van der Waals surface area contributed by atoms with E-state index >= 15 is 0 Å². The van der Waals surface area contributed by atoms with Gasteiger partial charge in [-0.3, -0.25) is 9.59 Å². The number of nitrogens with zero attached hydrogens (tertiary/aromatic N) is 1. The van der Waals surface area contributed by atoms with Gasteiger partial charge >= 0.3 is 0 Å². The molecule has 1 aliphatic carbocycles. The Morgan fingerprint density at radius 3 is 2.52 bits per heavy atom. The van der Waals surface area contributed by atoms with Crippen LogP contribution in [-0.4, -0.2) is 29.8 Å². The summed E-state index contributed by atoms with van der Waals surface area (Å²) in [6.45, 7) is 0.539. The molecular formula is C25H23ClN2O2S. The molecule has 31 heavy (non-hydrogen) atoms. The third-order valence-electron chi connectivity index (χ3n) is 5.22. The van der Waals surface area contributed by atoms with Crippen LogP contribution < -0.4 is 5.32 Å². The number of thiophene rings is 1. The molecule has 1 fully saturated rings. The summed E-state index contributed by atoms with van der Waals surface area (Å²) in [6.07, 6.45) is 5.59. The highest BCUT2D eigenvalue weighted by atomic mass is 35.5. The minimum atomic E-state index is -0.114. The van der Waals surface area contributed by atoms with E-state index in [0.717, 1.165) is 38.7 Å². The van der Waals surface area contributed by atoms with E-state index in [-0.39, 0.29) is 17.9 Å². The van der Waals surface area contributed by atoms with Gasteiger partial charge in [0.1, 0.15) is 0 Å². The monoisotopic (exact) mass is 450 g/mol. The molecule has 3 aromatic rings. The molecule has 6 heteroatoms. The van der Waals surface area contributed by atoms with Crippen molar-refractivity contribution >= 4 is 40.8 Å². The smallest absolute Gasteiger partial charge is 0.251 e. The molecular weight excluding hydrogens is 428 g/mol. The molecule has 2 aromatic carbocycles. The fourth-order valence-electron chi connectivity index (χ4n) is 3.37. The molecule has 0 atom stereocenters. The van der Waals surface area contributed by atoms with Gasteiger partial charge in [-0.15, -0.1) is 11.3 Å². The highest BCUT2D eigenvalue weighted by Gasteiger charge is 2.31. The van der Waals surface area contributed by atoms with E-state index in [4.69, 9.17) is 11.6 Å². The van der Waals surface area contributed by atoms with E-state index in [2.05, 4.69) is 5.32 Å². The Hall–Kier alpha value is -2.89.